The maximum atomic E-state index is 11.7. The van der Waals surface area contributed by atoms with Crippen LogP contribution in [0.25, 0.3) is 0 Å². The van der Waals surface area contributed by atoms with Crippen LogP contribution in [-0.2, 0) is 4.79 Å². The second-order valence-electron chi connectivity index (χ2n) is 4.14. The van der Waals surface area contributed by atoms with Crippen LogP contribution in [0, 0.1) is 5.41 Å². The highest BCUT2D eigenvalue weighted by Crippen LogP contribution is 2.45. The van der Waals surface area contributed by atoms with E-state index in [1.54, 1.807) is 12.1 Å². The molecule has 0 saturated heterocycles. The lowest BCUT2D eigenvalue weighted by atomic mass is 10.1. The van der Waals surface area contributed by atoms with Crippen molar-refractivity contribution in [1.29, 1.82) is 0 Å². The van der Waals surface area contributed by atoms with Gasteiger partial charge in [0.2, 0.25) is 0 Å². The molecule has 0 radical (unpaired) electrons. The minimum Gasteiger partial charge on any atom is -0.481 e. The third-order valence-electron chi connectivity index (χ3n) is 2.88. The van der Waals surface area contributed by atoms with Crippen LogP contribution in [0.15, 0.2) is 22.9 Å². The van der Waals surface area contributed by atoms with Gasteiger partial charge in [-0.1, -0.05) is 0 Å². The first-order valence-electron chi connectivity index (χ1n) is 5.17. The third-order valence-corrected chi connectivity index (χ3v) is 3.35. The number of carboxylic acid groups (broad SMARTS) is 1. The van der Waals surface area contributed by atoms with E-state index < -0.39 is 11.4 Å². The molecule has 1 aromatic heterocycles. The zero-order chi connectivity index (χ0) is 12.5. The van der Waals surface area contributed by atoms with Crippen LogP contribution < -0.4 is 5.32 Å². The normalized spacial score (nSPS) is 16.3. The number of hydrogen-bond acceptors (Lipinski definition) is 3. The summed E-state index contributed by atoms with van der Waals surface area (Å²) in [5.41, 5.74) is -0.312. The van der Waals surface area contributed by atoms with Crippen molar-refractivity contribution in [1.82, 2.24) is 10.3 Å². The predicted molar refractivity (Wildman–Crippen MR) is 63.6 cm³/mol. The van der Waals surface area contributed by atoms with Gasteiger partial charge < -0.3 is 10.4 Å². The standard InChI is InChI=1S/C11H11BrN2O3/c12-8-2-1-7(5-13-8)9(15)14-6-11(3-4-11)10(16)17/h1-2,5H,3-4,6H2,(H,14,15)(H,16,17). The molecule has 0 unspecified atom stereocenters. The summed E-state index contributed by atoms with van der Waals surface area (Å²) in [6.45, 7) is 0.178. The van der Waals surface area contributed by atoms with Crippen LogP contribution in [0.5, 0.6) is 0 Å². The van der Waals surface area contributed by atoms with Gasteiger partial charge in [-0.2, -0.15) is 0 Å². The molecule has 2 N–H and O–H groups in total. The first-order valence-corrected chi connectivity index (χ1v) is 5.96. The van der Waals surface area contributed by atoms with Crippen LogP contribution >= 0.6 is 15.9 Å². The van der Waals surface area contributed by atoms with E-state index in [4.69, 9.17) is 5.11 Å². The molecule has 90 valence electrons. The molecule has 1 saturated carbocycles. The number of aromatic nitrogens is 1. The maximum Gasteiger partial charge on any atom is 0.311 e. The van der Waals surface area contributed by atoms with Gasteiger partial charge >= 0.3 is 5.97 Å². The summed E-state index contributed by atoms with van der Waals surface area (Å²) in [7, 11) is 0. The molecular formula is C11H11BrN2O3. The maximum absolute atomic E-state index is 11.7. The van der Waals surface area contributed by atoms with Crippen LogP contribution in [0.2, 0.25) is 0 Å². The largest absolute Gasteiger partial charge is 0.481 e. The lowest BCUT2D eigenvalue weighted by molar-refractivity contribution is -0.143. The van der Waals surface area contributed by atoms with Crippen molar-refractivity contribution in [3.8, 4) is 0 Å². The van der Waals surface area contributed by atoms with Crippen molar-refractivity contribution in [2.24, 2.45) is 5.41 Å². The smallest absolute Gasteiger partial charge is 0.311 e. The average Bonchev–Trinajstić information content (AvgIpc) is 3.08. The summed E-state index contributed by atoms with van der Waals surface area (Å²) in [6, 6.07) is 3.30. The van der Waals surface area contributed by atoms with E-state index >= 15 is 0 Å². The highest BCUT2D eigenvalue weighted by molar-refractivity contribution is 9.10. The Hall–Kier alpha value is -1.43. The molecule has 1 aliphatic rings. The van der Waals surface area contributed by atoms with Crippen molar-refractivity contribution < 1.29 is 14.7 Å². The highest BCUT2D eigenvalue weighted by atomic mass is 79.9. The first kappa shape index (κ1) is 12.0. The van der Waals surface area contributed by atoms with Crippen molar-refractivity contribution in [3.63, 3.8) is 0 Å². The van der Waals surface area contributed by atoms with Crippen molar-refractivity contribution in [2.45, 2.75) is 12.8 Å². The SMILES string of the molecule is O=C(NCC1(C(=O)O)CC1)c1ccc(Br)nc1. The number of carbonyl (C=O) groups is 2. The van der Waals surface area contributed by atoms with Gasteiger partial charge in [-0.15, -0.1) is 0 Å². The van der Waals surface area contributed by atoms with Gasteiger partial charge in [0.1, 0.15) is 4.60 Å². The number of aliphatic carboxylic acids is 1. The van der Waals surface area contributed by atoms with Gasteiger partial charge in [0.05, 0.1) is 11.0 Å². The number of pyridine rings is 1. The minimum absolute atomic E-state index is 0.178. The van der Waals surface area contributed by atoms with Crippen LogP contribution in [0.1, 0.15) is 23.2 Å². The fraction of sp³-hybridized carbons (Fsp3) is 0.364. The topological polar surface area (TPSA) is 79.3 Å². The number of carbonyl (C=O) groups excluding carboxylic acids is 1. The molecule has 0 aliphatic heterocycles. The Morgan fingerprint density at radius 2 is 2.18 bits per heavy atom. The Kier molecular flexibility index (Phi) is 3.15. The molecule has 1 heterocycles. The zero-order valence-corrected chi connectivity index (χ0v) is 10.5. The molecule has 1 amide bonds. The number of amides is 1. The molecule has 2 rings (SSSR count). The van der Waals surface area contributed by atoms with Crippen molar-refractivity contribution >= 4 is 27.8 Å². The van der Waals surface area contributed by atoms with Crippen molar-refractivity contribution in [3.05, 3.63) is 28.5 Å². The van der Waals surface area contributed by atoms with Gasteiger partial charge in [-0.05, 0) is 40.9 Å². The number of nitrogens with zero attached hydrogens (tertiary/aromatic N) is 1. The number of rotatable bonds is 4. The summed E-state index contributed by atoms with van der Waals surface area (Å²) in [6.07, 6.45) is 2.70. The molecule has 6 heteroatoms. The van der Waals surface area contributed by atoms with E-state index in [2.05, 4.69) is 26.2 Å². The second kappa shape index (κ2) is 4.44. The van der Waals surface area contributed by atoms with Crippen LogP contribution in [0.4, 0.5) is 0 Å². The molecule has 0 aromatic carbocycles. The highest BCUT2D eigenvalue weighted by Gasteiger charge is 2.50. The predicted octanol–water partition coefficient (Wildman–Crippen LogP) is 1.44. The summed E-state index contributed by atoms with van der Waals surface area (Å²) >= 11 is 3.17. The number of carboxylic acids is 1. The molecular weight excluding hydrogens is 288 g/mol. The van der Waals surface area contributed by atoms with Gasteiger partial charge in [0, 0.05) is 12.7 Å². The van der Waals surface area contributed by atoms with E-state index in [0.29, 0.717) is 23.0 Å². The quantitative estimate of drug-likeness (QED) is 0.825. The molecule has 0 bridgehead atoms. The fourth-order valence-corrected chi connectivity index (χ4v) is 1.71. The molecule has 17 heavy (non-hydrogen) atoms. The summed E-state index contributed by atoms with van der Waals surface area (Å²) in [4.78, 5) is 26.5. The Balaban J connectivity index is 1.94. The number of nitrogens with one attached hydrogen (secondary N) is 1. The van der Waals surface area contributed by atoms with E-state index in [9.17, 15) is 9.59 Å². The lowest BCUT2D eigenvalue weighted by Crippen LogP contribution is -2.34. The van der Waals surface area contributed by atoms with Gasteiger partial charge in [-0.3, -0.25) is 9.59 Å². The van der Waals surface area contributed by atoms with E-state index in [1.165, 1.54) is 6.20 Å². The van der Waals surface area contributed by atoms with Gasteiger partial charge in [-0.25, -0.2) is 4.98 Å². The monoisotopic (exact) mass is 298 g/mol. The molecule has 5 nitrogen and oxygen atoms in total. The third kappa shape index (κ3) is 2.63. The van der Waals surface area contributed by atoms with E-state index in [-0.39, 0.29) is 12.5 Å². The second-order valence-corrected chi connectivity index (χ2v) is 4.95. The van der Waals surface area contributed by atoms with Gasteiger partial charge in [0.25, 0.3) is 5.91 Å². The lowest BCUT2D eigenvalue weighted by Gasteiger charge is -2.10. The summed E-state index contributed by atoms with van der Waals surface area (Å²) in [5.74, 6) is -1.13. The summed E-state index contributed by atoms with van der Waals surface area (Å²) < 4.78 is 0.651. The number of halogens is 1. The summed E-state index contributed by atoms with van der Waals surface area (Å²) in [5, 5.41) is 11.6. The first-order chi connectivity index (χ1) is 8.03. The minimum atomic E-state index is -0.841. The van der Waals surface area contributed by atoms with E-state index in [0.717, 1.165) is 0 Å². The van der Waals surface area contributed by atoms with E-state index in [1.807, 2.05) is 0 Å². The Morgan fingerprint density at radius 3 is 2.65 bits per heavy atom. The molecule has 0 atom stereocenters. The number of hydrogen-bond donors (Lipinski definition) is 2. The van der Waals surface area contributed by atoms with Crippen molar-refractivity contribution in [2.75, 3.05) is 6.54 Å². The molecule has 0 spiro atoms. The fourth-order valence-electron chi connectivity index (χ4n) is 1.48. The molecule has 1 fully saturated rings. The molecule has 1 aromatic rings. The van der Waals surface area contributed by atoms with Crippen LogP contribution in [0.3, 0.4) is 0 Å². The van der Waals surface area contributed by atoms with Gasteiger partial charge in [0.15, 0.2) is 0 Å². The Labute approximate surface area is 106 Å². The average molecular weight is 299 g/mol. The Morgan fingerprint density at radius 1 is 1.47 bits per heavy atom. The molecule has 1 aliphatic carbocycles. The Bertz CT molecular complexity index is 454. The zero-order valence-electron chi connectivity index (χ0n) is 8.94. The van der Waals surface area contributed by atoms with Crippen LogP contribution in [-0.4, -0.2) is 28.5 Å².